The van der Waals surface area contributed by atoms with E-state index in [9.17, 15) is 40.8 Å². The molecule has 0 radical (unpaired) electrons. The van der Waals surface area contributed by atoms with Crippen LogP contribution in [0.25, 0.3) is 5.52 Å². The molecule has 2 aromatic heterocycles. The topological polar surface area (TPSA) is 175 Å². The quantitative estimate of drug-likeness (QED) is 0.229. The molecule has 3 aromatic rings. The molecule has 1 atom stereocenters. The minimum Gasteiger partial charge on any atom is -0.491 e. The number of carbonyl (C=O) groups excluding carboxylic acids is 3. The fourth-order valence-electron chi connectivity index (χ4n) is 3.14. The summed E-state index contributed by atoms with van der Waals surface area (Å²) in [6, 6.07) is 9.54. The zero-order valence-corrected chi connectivity index (χ0v) is 20.6. The zero-order valence-electron chi connectivity index (χ0n) is 19.8. The molecule has 0 spiro atoms. The SMILES string of the molecule is NCCOc1ccc2cc(C(=O)NC[C@H](NS(=O)(=O)c3ccccc3)C(=O)OC(=O)C(F)(F)F)cc(=O)n2c1. The molecule has 0 aliphatic carbocycles. The monoisotopic (exact) mass is 570 g/mol. The van der Waals surface area contributed by atoms with Crippen molar-refractivity contribution in [3.63, 3.8) is 0 Å². The molecule has 3 rings (SSSR count). The van der Waals surface area contributed by atoms with Crippen LogP contribution in [0.15, 0.2) is 70.5 Å². The Labute approximate surface area is 218 Å². The standard InChI is InChI=1S/C23H21F3N4O8S/c24-23(25,26)22(34)38-21(33)18(29-39(35,36)17-4-2-1-3-5-17)12-28-20(32)14-10-15-6-7-16(37-9-8-27)13-30(15)19(31)11-14/h1-7,10-11,13,18,29H,8-9,12,27H2,(H,28,32)/t18-/m0/s1. The first-order valence-corrected chi connectivity index (χ1v) is 12.5. The number of halogens is 3. The average Bonchev–Trinajstić information content (AvgIpc) is 2.89. The Hall–Kier alpha value is -4.28. The number of benzene rings is 1. The summed E-state index contributed by atoms with van der Waals surface area (Å²) < 4.78 is 75.1. The highest BCUT2D eigenvalue weighted by Gasteiger charge is 2.44. The third kappa shape index (κ3) is 7.62. The molecule has 2 heterocycles. The van der Waals surface area contributed by atoms with Gasteiger partial charge in [-0.05, 0) is 30.3 Å². The Morgan fingerprint density at radius 3 is 2.38 bits per heavy atom. The summed E-state index contributed by atoms with van der Waals surface area (Å²) in [6.07, 6.45) is -4.17. The molecule has 0 aliphatic rings. The maximum Gasteiger partial charge on any atom is 0.491 e. The summed E-state index contributed by atoms with van der Waals surface area (Å²) >= 11 is 0. The van der Waals surface area contributed by atoms with Gasteiger partial charge in [0, 0.05) is 30.2 Å². The Kier molecular flexibility index (Phi) is 9.05. The van der Waals surface area contributed by atoms with E-state index in [1.807, 2.05) is 4.72 Å². The highest BCUT2D eigenvalue weighted by atomic mass is 32.2. The van der Waals surface area contributed by atoms with Gasteiger partial charge in [0.05, 0.1) is 11.1 Å². The van der Waals surface area contributed by atoms with Gasteiger partial charge in [-0.25, -0.2) is 18.0 Å². The van der Waals surface area contributed by atoms with Crippen LogP contribution in [0, 0.1) is 0 Å². The minimum atomic E-state index is -5.54. The molecule has 12 nitrogen and oxygen atoms in total. The van der Waals surface area contributed by atoms with Gasteiger partial charge in [-0.1, -0.05) is 18.2 Å². The van der Waals surface area contributed by atoms with Crippen molar-refractivity contribution in [1.29, 1.82) is 0 Å². The van der Waals surface area contributed by atoms with Gasteiger partial charge in [-0.2, -0.15) is 17.9 Å². The summed E-state index contributed by atoms with van der Waals surface area (Å²) in [5.41, 5.74) is 4.79. The Balaban J connectivity index is 1.82. The molecule has 39 heavy (non-hydrogen) atoms. The first-order chi connectivity index (χ1) is 18.3. The molecular weight excluding hydrogens is 549 g/mol. The number of sulfonamides is 1. The molecule has 0 aliphatic heterocycles. The summed E-state index contributed by atoms with van der Waals surface area (Å²) in [4.78, 5) is 48.3. The van der Waals surface area contributed by atoms with E-state index in [2.05, 4.69) is 10.1 Å². The Morgan fingerprint density at radius 1 is 1.05 bits per heavy atom. The number of amides is 1. The lowest BCUT2D eigenvalue weighted by molar-refractivity contribution is -0.202. The third-order valence-electron chi connectivity index (χ3n) is 4.95. The number of nitrogens with zero attached hydrogens (tertiary/aromatic N) is 1. The second-order valence-corrected chi connectivity index (χ2v) is 9.50. The van der Waals surface area contributed by atoms with Crippen molar-refractivity contribution in [1.82, 2.24) is 14.4 Å². The summed E-state index contributed by atoms with van der Waals surface area (Å²) in [5.74, 6) is -5.43. The molecule has 4 N–H and O–H groups in total. The lowest BCUT2D eigenvalue weighted by atomic mass is 10.2. The van der Waals surface area contributed by atoms with Crippen LogP contribution in [-0.2, 0) is 24.3 Å². The second-order valence-electron chi connectivity index (χ2n) is 7.78. The Bertz CT molecular complexity index is 1540. The van der Waals surface area contributed by atoms with Crippen LogP contribution in [-0.4, -0.2) is 62.6 Å². The van der Waals surface area contributed by atoms with Crippen LogP contribution in [0.1, 0.15) is 10.4 Å². The van der Waals surface area contributed by atoms with Gasteiger partial charge in [-0.3, -0.25) is 14.0 Å². The van der Waals surface area contributed by atoms with Gasteiger partial charge in [0.1, 0.15) is 18.4 Å². The predicted molar refractivity (Wildman–Crippen MR) is 128 cm³/mol. The van der Waals surface area contributed by atoms with Crippen LogP contribution in [0.4, 0.5) is 13.2 Å². The van der Waals surface area contributed by atoms with Gasteiger partial charge in [0.25, 0.3) is 11.5 Å². The number of pyridine rings is 2. The predicted octanol–water partition coefficient (Wildman–Crippen LogP) is 0.346. The number of carbonyl (C=O) groups is 3. The second kappa shape index (κ2) is 12.1. The molecular formula is C23H21F3N4O8S. The maximum absolute atomic E-state index is 12.7. The molecule has 208 valence electrons. The van der Waals surface area contributed by atoms with Gasteiger partial charge >= 0.3 is 18.1 Å². The number of esters is 2. The summed E-state index contributed by atoms with van der Waals surface area (Å²) in [5, 5.41) is 2.15. The number of alkyl halides is 3. The molecule has 0 saturated carbocycles. The zero-order chi connectivity index (χ0) is 28.8. The van der Waals surface area contributed by atoms with Crippen molar-refractivity contribution in [3.05, 3.63) is 76.7 Å². The van der Waals surface area contributed by atoms with Crippen molar-refractivity contribution in [3.8, 4) is 5.75 Å². The van der Waals surface area contributed by atoms with Crippen LogP contribution < -0.4 is 26.1 Å². The first kappa shape index (κ1) is 29.3. The fraction of sp³-hybridized carbons (Fsp3) is 0.217. The van der Waals surface area contributed by atoms with E-state index in [0.29, 0.717) is 5.75 Å². The normalized spacial score (nSPS) is 12.5. The van der Waals surface area contributed by atoms with Crippen molar-refractivity contribution >= 4 is 33.4 Å². The molecule has 1 aromatic carbocycles. The van der Waals surface area contributed by atoms with Gasteiger partial charge in [0.15, 0.2) is 0 Å². The summed E-state index contributed by atoms with van der Waals surface area (Å²) in [6.45, 7) is -0.487. The number of fused-ring (bicyclic) bond motifs is 1. The van der Waals surface area contributed by atoms with Crippen molar-refractivity contribution in [2.75, 3.05) is 19.7 Å². The summed E-state index contributed by atoms with van der Waals surface area (Å²) in [7, 11) is -4.50. The van der Waals surface area contributed by atoms with E-state index in [1.165, 1.54) is 47.0 Å². The first-order valence-electron chi connectivity index (χ1n) is 11.0. The lowest BCUT2D eigenvalue weighted by Crippen LogP contribution is -2.50. The fourth-order valence-corrected chi connectivity index (χ4v) is 4.35. The molecule has 0 unspecified atom stereocenters. The van der Waals surface area contributed by atoms with Crippen molar-refractivity contribution < 1.29 is 45.4 Å². The molecule has 0 saturated heterocycles. The van der Waals surface area contributed by atoms with Crippen LogP contribution >= 0.6 is 0 Å². The number of nitrogens with one attached hydrogen (secondary N) is 2. The van der Waals surface area contributed by atoms with Gasteiger partial charge in [-0.15, -0.1) is 0 Å². The third-order valence-corrected chi connectivity index (χ3v) is 6.44. The number of nitrogens with two attached hydrogens (primary N) is 1. The van der Waals surface area contributed by atoms with E-state index in [4.69, 9.17) is 10.5 Å². The number of aromatic nitrogens is 1. The highest BCUT2D eigenvalue weighted by Crippen LogP contribution is 2.17. The van der Waals surface area contributed by atoms with Crippen molar-refractivity contribution in [2.45, 2.75) is 17.1 Å². The number of hydrogen-bond donors (Lipinski definition) is 3. The van der Waals surface area contributed by atoms with E-state index in [1.54, 1.807) is 0 Å². The van der Waals surface area contributed by atoms with Crippen LogP contribution in [0.2, 0.25) is 0 Å². The molecule has 16 heteroatoms. The van der Waals surface area contributed by atoms with E-state index < -0.39 is 52.2 Å². The molecule has 0 bridgehead atoms. The van der Waals surface area contributed by atoms with Crippen LogP contribution in [0.5, 0.6) is 5.75 Å². The van der Waals surface area contributed by atoms with Crippen LogP contribution in [0.3, 0.4) is 0 Å². The Morgan fingerprint density at radius 2 is 1.74 bits per heavy atom. The number of rotatable bonds is 10. The molecule has 1 amide bonds. The molecule has 0 fully saturated rings. The average molecular weight is 571 g/mol. The van der Waals surface area contributed by atoms with Gasteiger partial charge < -0.3 is 20.5 Å². The van der Waals surface area contributed by atoms with E-state index in [0.717, 1.165) is 18.2 Å². The highest BCUT2D eigenvalue weighted by molar-refractivity contribution is 7.89. The number of hydrogen-bond acceptors (Lipinski definition) is 9. The maximum atomic E-state index is 12.7. The smallest absolute Gasteiger partial charge is 0.491 e. The lowest BCUT2D eigenvalue weighted by Gasteiger charge is -2.18. The number of ether oxygens (including phenoxy) is 2. The van der Waals surface area contributed by atoms with Gasteiger partial charge in [0.2, 0.25) is 10.0 Å². The van der Waals surface area contributed by atoms with Crippen molar-refractivity contribution in [2.24, 2.45) is 5.73 Å². The van der Waals surface area contributed by atoms with E-state index in [-0.39, 0.29) is 29.1 Å². The van der Waals surface area contributed by atoms with E-state index >= 15 is 0 Å². The largest absolute Gasteiger partial charge is 0.491 e. The minimum absolute atomic E-state index is 0.201.